The van der Waals surface area contributed by atoms with Crippen LogP contribution in [0.2, 0.25) is 0 Å². The Kier molecular flexibility index (Phi) is 6.48. The fraction of sp³-hybridized carbons (Fsp3) is 0.263. The molecule has 1 amide bonds. The van der Waals surface area contributed by atoms with Crippen LogP contribution in [0.4, 0.5) is 5.69 Å². The topological polar surface area (TPSA) is 114 Å². The maximum atomic E-state index is 11.9. The summed E-state index contributed by atoms with van der Waals surface area (Å²) in [5.41, 5.74) is 4.26. The number of amides is 1. The van der Waals surface area contributed by atoms with E-state index >= 15 is 0 Å². The lowest BCUT2D eigenvalue weighted by atomic mass is 10.0. The third kappa shape index (κ3) is 5.53. The lowest BCUT2D eigenvalue weighted by molar-refractivity contribution is -0.385. The molecule has 0 aromatic heterocycles. The van der Waals surface area contributed by atoms with Crippen LogP contribution in [0.1, 0.15) is 36.5 Å². The standard InChI is InChI=1S/C19H21N3O5/c1-12(2)15-6-4-13(3)8-18(15)27-11-19(24)21-20-10-14-5-7-17(23)16(9-14)22(25)26/h4-10,12,23H,11H2,1-3H3,(H,21,24). The van der Waals surface area contributed by atoms with Crippen molar-refractivity contribution < 1.29 is 19.6 Å². The number of nitrogens with one attached hydrogen (secondary N) is 1. The molecule has 0 aliphatic carbocycles. The average Bonchev–Trinajstić information content (AvgIpc) is 2.61. The highest BCUT2D eigenvalue weighted by atomic mass is 16.6. The van der Waals surface area contributed by atoms with Crippen molar-refractivity contribution in [3.63, 3.8) is 0 Å². The van der Waals surface area contributed by atoms with E-state index in [0.717, 1.165) is 17.2 Å². The number of phenols is 1. The van der Waals surface area contributed by atoms with Crippen molar-refractivity contribution in [3.8, 4) is 11.5 Å². The zero-order valence-corrected chi connectivity index (χ0v) is 15.3. The van der Waals surface area contributed by atoms with Gasteiger partial charge in [-0.25, -0.2) is 5.43 Å². The van der Waals surface area contributed by atoms with Crippen molar-refractivity contribution in [3.05, 3.63) is 63.2 Å². The Morgan fingerprint density at radius 1 is 1.33 bits per heavy atom. The molecular weight excluding hydrogens is 350 g/mol. The summed E-state index contributed by atoms with van der Waals surface area (Å²) in [5, 5.41) is 23.9. The number of phenolic OH excluding ortho intramolecular Hbond substituents is 1. The molecular formula is C19H21N3O5. The van der Waals surface area contributed by atoms with Crippen LogP contribution < -0.4 is 10.2 Å². The van der Waals surface area contributed by atoms with Gasteiger partial charge in [-0.1, -0.05) is 26.0 Å². The Morgan fingerprint density at radius 2 is 2.07 bits per heavy atom. The molecule has 142 valence electrons. The predicted octanol–water partition coefficient (Wildman–Crippen LogP) is 3.26. The number of aromatic hydroxyl groups is 1. The molecule has 0 radical (unpaired) electrons. The van der Waals surface area contributed by atoms with E-state index in [1.807, 2.05) is 39.0 Å². The molecule has 0 saturated carbocycles. The van der Waals surface area contributed by atoms with Gasteiger partial charge in [0.05, 0.1) is 11.1 Å². The monoisotopic (exact) mass is 371 g/mol. The van der Waals surface area contributed by atoms with Gasteiger partial charge in [0.1, 0.15) is 5.75 Å². The summed E-state index contributed by atoms with van der Waals surface area (Å²) in [5.74, 6) is 0.00898. The number of nitrogens with zero attached hydrogens (tertiary/aromatic N) is 2. The minimum absolute atomic E-state index is 0.212. The Bertz CT molecular complexity index is 878. The number of nitro benzene ring substituents is 1. The van der Waals surface area contributed by atoms with Crippen LogP contribution in [0.3, 0.4) is 0 Å². The highest BCUT2D eigenvalue weighted by molar-refractivity contribution is 5.84. The summed E-state index contributed by atoms with van der Waals surface area (Å²) in [6.45, 7) is 5.81. The van der Waals surface area contributed by atoms with Gasteiger partial charge in [-0.2, -0.15) is 5.10 Å². The highest BCUT2D eigenvalue weighted by Crippen LogP contribution is 2.27. The van der Waals surface area contributed by atoms with Crippen molar-refractivity contribution in [2.24, 2.45) is 5.10 Å². The summed E-state index contributed by atoms with van der Waals surface area (Å²) in [6.07, 6.45) is 1.25. The Labute approximate surface area is 156 Å². The largest absolute Gasteiger partial charge is 0.502 e. The molecule has 8 nitrogen and oxygen atoms in total. The summed E-state index contributed by atoms with van der Waals surface area (Å²) in [4.78, 5) is 22.0. The maximum Gasteiger partial charge on any atom is 0.311 e. The van der Waals surface area contributed by atoms with E-state index in [4.69, 9.17) is 4.74 Å². The third-order valence-electron chi connectivity index (χ3n) is 3.75. The fourth-order valence-electron chi connectivity index (χ4n) is 2.36. The normalized spacial score (nSPS) is 11.0. The first-order valence-electron chi connectivity index (χ1n) is 8.30. The van der Waals surface area contributed by atoms with Crippen LogP contribution in [0.5, 0.6) is 11.5 Å². The first-order valence-corrected chi connectivity index (χ1v) is 8.30. The molecule has 2 N–H and O–H groups in total. The number of nitro groups is 1. The molecule has 0 heterocycles. The van der Waals surface area contributed by atoms with Crippen molar-refractivity contribution in [1.29, 1.82) is 0 Å². The van der Waals surface area contributed by atoms with Gasteiger partial charge in [0.15, 0.2) is 12.4 Å². The van der Waals surface area contributed by atoms with Crippen LogP contribution in [0.25, 0.3) is 0 Å². The fourth-order valence-corrected chi connectivity index (χ4v) is 2.36. The van der Waals surface area contributed by atoms with Gasteiger partial charge in [-0.05, 0) is 42.2 Å². The average molecular weight is 371 g/mol. The molecule has 0 saturated heterocycles. The zero-order valence-electron chi connectivity index (χ0n) is 15.3. The van der Waals surface area contributed by atoms with E-state index in [1.54, 1.807) is 0 Å². The third-order valence-corrected chi connectivity index (χ3v) is 3.75. The first-order chi connectivity index (χ1) is 12.8. The lowest BCUT2D eigenvalue weighted by Crippen LogP contribution is -2.25. The summed E-state index contributed by atoms with van der Waals surface area (Å²) in [7, 11) is 0. The van der Waals surface area contributed by atoms with E-state index in [0.29, 0.717) is 11.3 Å². The van der Waals surface area contributed by atoms with Crippen molar-refractivity contribution in [1.82, 2.24) is 5.43 Å². The number of benzene rings is 2. The van der Waals surface area contributed by atoms with Crippen molar-refractivity contribution in [2.75, 3.05) is 6.61 Å². The SMILES string of the molecule is Cc1ccc(C(C)C)c(OCC(=O)NN=Cc2ccc(O)c([N+](=O)[O-])c2)c1. The van der Waals surface area contributed by atoms with Crippen LogP contribution >= 0.6 is 0 Å². The van der Waals surface area contributed by atoms with Gasteiger partial charge in [0.2, 0.25) is 0 Å². The number of ether oxygens (including phenoxy) is 1. The molecule has 0 bridgehead atoms. The van der Waals surface area contributed by atoms with Crippen LogP contribution in [0, 0.1) is 17.0 Å². The second-order valence-electron chi connectivity index (χ2n) is 6.28. The van der Waals surface area contributed by atoms with Gasteiger partial charge >= 0.3 is 5.69 Å². The number of hydrogen-bond donors (Lipinski definition) is 2. The molecule has 0 fully saturated rings. The van der Waals surface area contributed by atoms with Crippen LogP contribution in [0.15, 0.2) is 41.5 Å². The number of hydrazone groups is 1. The highest BCUT2D eigenvalue weighted by Gasteiger charge is 2.13. The van der Waals surface area contributed by atoms with Gasteiger partial charge in [-0.15, -0.1) is 0 Å². The quantitative estimate of drug-likeness (QED) is 0.440. The van der Waals surface area contributed by atoms with E-state index in [2.05, 4.69) is 10.5 Å². The number of carbonyl (C=O) groups is 1. The second kappa shape index (κ2) is 8.79. The smallest absolute Gasteiger partial charge is 0.311 e. The van der Waals surface area contributed by atoms with Gasteiger partial charge in [-0.3, -0.25) is 14.9 Å². The zero-order chi connectivity index (χ0) is 20.0. The van der Waals surface area contributed by atoms with Gasteiger partial charge < -0.3 is 9.84 Å². The molecule has 0 spiro atoms. The molecule has 8 heteroatoms. The molecule has 2 rings (SSSR count). The molecule has 0 aliphatic rings. The summed E-state index contributed by atoms with van der Waals surface area (Å²) in [6, 6.07) is 9.63. The molecule has 0 aliphatic heterocycles. The number of aryl methyl sites for hydroxylation is 1. The molecule has 0 unspecified atom stereocenters. The summed E-state index contributed by atoms with van der Waals surface area (Å²) < 4.78 is 5.60. The second-order valence-corrected chi connectivity index (χ2v) is 6.28. The molecule has 0 atom stereocenters. The Balaban J connectivity index is 1.96. The molecule has 2 aromatic rings. The minimum Gasteiger partial charge on any atom is -0.502 e. The van der Waals surface area contributed by atoms with Crippen molar-refractivity contribution in [2.45, 2.75) is 26.7 Å². The summed E-state index contributed by atoms with van der Waals surface area (Å²) >= 11 is 0. The predicted molar refractivity (Wildman–Crippen MR) is 101 cm³/mol. The minimum atomic E-state index is -0.701. The lowest BCUT2D eigenvalue weighted by Gasteiger charge is -2.14. The van der Waals surface area contributed by atoms with Gasteiger partial charge in [0, 0.05) is 11.6 Å². The van der Waals surface area contributed by atoms with Crippen LogP contribution in [-0.4, -0.2) is 28.8 Å². The van der Waals surface area contributed by atoms with Gasteiger partial charge in [0.25, 0.3) is 5.91 Å². The molecule has 2 aromatic carbocycles. The van der Waals surface area contributed by atoms with E-state index < -0.39 is 22.3 Å². The number of rotatable bonds is 7. The number of carbonyl (C=O) groups excluding carboxylic acids is 1. The first kappa shape index (κ1) is 19.9. The van der Waals surface area contributed by atoms with Crippen molar-refractivity contribution >= 4 is 17.8 Å². The van der Waals surface area contributed by atoms with Crippen LogP contribution in [-0.2, 0) is 4.79 Å². The van der Waals surface area contributed by atoms with E-state index in [-0.39, 0.29) is 12.5 Å². The molecule has 27 heavy (non-hydrogen) atoms. The Morgan fingerprint density at radius 3 is 2.74 bits per heavy atom. The maximum absolute atomic E-state index is 11.9. The number of hydrogen-bond acceptors (Lipinski definition) is 6. The Hall–Kier alpha value is -3.42. The van der Waals surface area contributed by atoms with E-state index in [1.165, 1.54) is 18.3 Å². The van der Waals surface area contributed by atoms with E-state index in [9.17, 15) is 20.0 Å².